The number of benzene rings is 1. The molecule has 1 saturated heterocycles. The van der Waals surface area contributed by atoms with Crippen molar-refractivity contribution in [1.29, 1.82) is 0 Å². The molecular formula is C18H29N3O2S. The van der Waals surface area contributed by atoms with Crippen molar-refractivity contribution in [2.45, 2.75) is 32.4 Å². The van der Waals surface area contributed by atoms with E-state index in [0.717, 1.165) is 31.0 Å². The van der Waals surface area contributed by atoms with E-state index in [1.54, 1.807) is 7.05 Å². The summed E-state index contributed by atoms with van der Waals surface area (Å²) < 4.78 is 24.4. The van der Waals surface area contributed by atoms with Crippen molar-refractivity contribution in [2.75, 3.05) is 32.4 Å². The smallest absolute Gasteiger partial charge is 0.193 e. The number of aliphatic imine (C=N–C) groups is 1. The third kappa shape index (κ3) is 5.82. The summed E-state index contributed by atoms with van der Waals surface area (Å²) in [4.78, 5) is 6.57. The fourth-order valence-electron chi connectivity index (χ4n) is 3.02. The maximum Gasteiger partial charge on any atom is 0.193 e. The summed E-state index contributed by atoms with van der Waals surface area (Å²) in [6.45, 7) is 7.13. The van der Waals surface area contributed by atoms with Crippen LogP contribution in [0, 0.1) is 5.41 Å². The van der Waals surface area contributed by atoms with E-state index in [1.807, 2.05) is 30.3 Å². The summed E-state index contributed by atoms with van der Waals surface area (Å²) in [6.07, 6.45) is 1.74. The Balaban J connectivity index is 1.75. The van der Waals surface area contributed by atoms with Gasteiger partial charge < -0.3 is 10.2 Å². The topological polar surface area (TPSA) is 61.8 Å². The van der Waals surface area contributed by atoms with E-state index < -0.39 is 9.84 Å². The number of rotatable bonds is 6. The predicted octanol–water partition coefficient (Wildman–Crippen LogP) is 2.30. The van der Waals surface area contributed by atoms with Crippen LogP contribution in [0.5, 0.6) is 0 Å². The number of likely N-dealkylation sites (tertiary alicyclic amines) is 1. The highest BCUT2D eigenvalue weighted by molar-refractivity contribution is 7.90. The van der Waals surface area contributed by atoms with Crippen LogP contribution in [0.3, 0.4) is 0 Å². The Morgan fingerprint density at radius 1 is 1.29 bits per heavy atom. The molecule has 0 aromatic heterocycles. The molecule has 1 aromatic rings. The molecule has 5 nitrogen and oxygen atoms in total. The van der Waals surface area contributed by atoms with E-state index >= 15 is 0 Å². The average molecular weight is 352 g/mol. The molecule has 1 aliphatic rings. The number of sulfone groups is 1. The number of guanidine groups is 1. The van der Waals surface area contributed by atoms with E-state index in [1.165, 1.54) is 0 Å². The molecule has 24 heavy (non-hydrogen) atoms. The lowest BCUT2D eigenvalue weighted by molar-refractivity contribution is 0.370. The van der Waals surface area contributed by atoms with Crippen LogP contribution in [0.4, 0.5) is 0 Å². The fraction of sp³-hybridized carbons (Fsp3) is 0.611. The Kier molecular flexibility index (Phi) is 6.27. The molecule has 2 rings (SSSR count). The van der Waals surface area contributed by atoms with Gasteiger partial charge in [-0.25, -0.2) is 8.42 Å². The molecule has 0 unspecified atom stereocenters. The van der Waals surface area contributed by atoms with Gasteiger partial charge in [-0.15, -0.1) is 0 Å². The molecule has 1 heterocycles. The summed E-state index contributed by atoms with van der Waals surface area (Å²) >= 11 is 0. The Morgan fingerprint density at radius 3 is 2.58 bits per heavy atom. The molecule has 0 aliphatic carbocycles. The van der Waals surface area contributed by atoms with Gasteiger partial charge in [0, 0.05) is 26.7 Å². The van der Waals surface area contributed by atoms with Gasteiger partial charge in [-0.1, -0.05) is 44.2 Å². The largest absolute Gasteiger partial charge is 0.356 e. The molecule has 1 aromatic carbocycles. The quantitative estimate of drug-likeness (QED) is 0.485. The minimum absolute atomic E-state index is 0.114. The van der Waals surface area contributed by atoms with Gasteiger partial charge in [0.15, 0.2) is 15.8 Å². The van der Waals surface area contributed by atoms with Crippen molar-refractivity contribution in [1.82, 2.24) is 10.2 Å². The van der Waals surface area contributed by atoms with Gasteiger partial charge in [0.05, 0.1) is 11.5 Å². The van der Waals surface area contributed by atoms with Crippen LogP contribution in [0.25, 0.3) is 0 Å². The number of nitrogens with one attached hydrogen (secondary N) is 1. The molecule has 1 N–H and O–H groups in total. The molecule has 0 spiro atoms. The summed E-state index contributed by atoms with van der Waals surface area (Å²) in [6, 6.07) is 9.34. The van der Waals surface area contributed by atoms with Gasteiger partial charge in [-0.2, -0.15) is 0 Å². The first kappa shape index (κ1) is 18.8. The minimum atomic E-state index is -3.07. The van der Waals surface area contributed by atoms with Crippen LogP contribution in [-0.2, 0) is 15.6 Å². The predicted molar refractivity (Wildman–Crippen MR) is 99.9 cm³/mol. The SMILES string of the molecule is CN=C(NCCCS(=O)(=O)Cc1ccccc1)N1CCC(C)(C)C1. The molecule has 1 fully saturated rings. The zero-order chi connectivity index (χ0) is 17.6. The lowest BCUT2D eigenvalue weighted by Crippen LogP contribution is -2.41. The number of hydrogen-bond donors (Lipinski definition) is 1. The highest BCUT2D eigenvalue weighted by Crippen LogP contribution is 2.28. The Morgan fingerprint density at radius 2 is 2.00 bits per heavy atom. The van der Waals surface area contributed by atoms with E-state index in [9.17, 15) is 8.42 Å². The van der Waals surface area contributed by atoms with Gasteiger partial charge in [0.2, 0.25) is 0 Å². The minimum Gasteiger partial charge on any atom is -0.356 e. The van der Waals surface area contributed by atoms with E-state index in [0.29, 0.717) is 18.4 Å². The third-order valence-corrected chi connectivity index (χ3v) is 6.02. The highest BCUT2D eigenvalue weighted by atomic mass is 32.2. The highest BCUT2D eigenvalue weighted by Gasteiger charge is 2.30. The molecule has 0 radical (unpaired) electrons. The van der Waals surface area contributed by atoms with Gasteiger partial charge in [-0.05, 0) is 23.8 Å². The molecule has 6 heteroatoms. The summed E-state index contributed by atoms with van der Waals surface area (Å²) in [5.41, 5.74) is 1.16. The fourth-order valence-corrected chi connectivity index (χ4v) is 4.45. The lowest BCUT2D eigenvalue weighted by atomic mass is 9.93. The Labute approximate surface area is 146 Å². The summed E-state index contributed by atoms with van der Waals surface area (Å²) in [5, 5.41) is 3.30. The molecule has 0 atom stereocenters. The Hall–Kier alpha value is -1.56. The second-order valence-electron chi connectivity index (χ2n) is 7.24. The second-order valence-corrected chi connectivity index (χ2v) is 9.43. The summed E-state index contributed by atoms with van der Waals surface area (Å²) in [5.74, 6) is 1.18. The molecular weight excluding hydrogens is 322 g/mol. The van der Waals surface area contributed by atoms with Gasteiger partial charge in [0.1, 0.15) is 0 Å². The standard InChI is InChI=1S/C18H29N3O2S/c1-18(2)10-12-21(15-18)17(19-3)20-11-7-13-24(22,23)14-16-8-5-4-6-9-16/h4-6,8-9H,7,10-15H2,1-3H3,(H,19,20). The maximum atomic E-state index is 12.2. The van der Waals surface area contributed by atoms with Crippen molar-refractivity contribution in [3.8, 4) is 0 Å². The van der Waals surface area contributed by atoms with Gasteiger partial charge in [0.25, 0.3) is 0 Å². The number of hydrogen-bond acceptors (Lipinski definition) is 3. The van der Waals surface area contributed by atoms with E-state index in [4.69, 9.17) is 0 Å². The van der Waals surface area contributed by atoms with Crippen LogP contribution in [0.15, 0.2) is 35.3 Å². The van der Waals surface area contributed by atoms with Gasteiger partial charge >= 0.3 is 0 Å². The summed E-state index contributed by atoms with van der Waals surface area (Å²) in [7, 11) is -1.29. The van der Waals surface area contributed by atoms with Crippen LogP contribution in [0.1, 0.15) is 32.3 Å². The molecule has 0 saturated carbocycles. The van der Waals surface area contributed by atoms with Crippen molar-refractivity contribution in [2.24, 2.45) is 10.4 Å². The van der Waals surface area contributed by atoms with Crippen LogP contribution >= 0.6 is 0 Å². The monoisotopic (exact) mass is 351 g/mol. The first-order chi connectivity index (χ1) is 11.3. The van der Waals surface area contributed by atoms with Crippen LogP contribution in [0.2, 0.25) is 0 Å². The third-order valence-electron chi connectivity index (χ3n) is 4.33. The zero-order valence-corrected chi connectivity index (χ0v) is 15.8. The van der Waals surface area contributed by atoms with Crippen molar-refractivity contribution in [3.05, 3.63) is 35.9 Å². The second kappa shape index (κ2) is 8.01. The van der Waals surface area contributed by atoms with E-state index in [2.05, 4.69) is 29.1 Å². The van der Waals surface area contributed by atoms with E-state index in [-0.39, 0.29) is 11.5 Å². The maximum absolute atomic E-state index is 12.2. The van der Waals surface area contributed by atoms with Crippen LogP contribution < -0.4 is 5.32 Å². The average Bonchev–Trinajstić information content (AvgIpc) is 2.88. The van der Waals surface area contributed by atoms with Crippen LogP contribution in [-0.4, -0.2) is 51.7 Å². The normalized spacial score (nSPS) is 18.0. The molecule has 1 aliphatic heterocycles. The van der Waals surface area contributed by atoms with Crippen molar-refractivity contribution in [3.63, 3.8) is 0 Å². The Bertz CT molecular complexity index is 654. The molecule has 134 valence electrons. The zero-order valence-electron chi connectivity index (χ0n) is 15.0. The van der Waals surface area contributed by atoms with Gasteiger partial charge in [-0.3, -0.25) is 4.99 Å². The van der Waals surface area contributed by atoms with Crippen molar-refractivity contribution >= 4 is 15.8 Å². The number of nitrogens with zero attached hydrogens (tertiary/aromatic N) is 2. The first-order valence-electron chi connectivity index (χ1n) is 8.51. The first-order valence-corrected chi connectivity index (χ1v) is 10.3. The lowest BCUT2D eigenvalue weighted by Gasteiger charge is -2.23. The van der Waals surface area contributed by atoms with Crippen molar-refractivity contribution < 1.29 is 8.42 Å². The molecule has 0 amide bonds. The molecule has 0 bridgehead atoms.